The van der Waals surface area contributed by atoms with Crippen LogP contribution in [0.25, 0.3) is 16.8 Å². The van der Waals surface area contributed by atoms with Crippen molar-refractivity contribution in [3.63, 3.8) is 0 Å². The van der Waals surface area contributed by atoms with Crippen LogP contribution >= 0.6 is 0 Å². The van der Waals surface area contributed by atoms with E-state index >= 15 is 0 Å². The minimum atomic E-state index is -3.68. The highest BCUT2D eigenvalue weighted by atomic mass is 32.2. The Morgan fingerprint density at radius 3 is 2.20 bits per heavy atom. The van der Waals surface area contributed by atoms with Gasteiger partial charge in [-0.05, 0) is 93.8 Å². The second kappa shape index (κ2) is 18.6. The van der Waals surface area contributed by atoms with Gasteiger partial charge in [0.1, 0.15) is 23.2 Å². The molecule has 318 valence electrons. The maximum absolute atomic E-state index is 14.0. The summed E-state index contributed by atoms with van der Waals surface area (Å²) in [5, 5.41) is 9.91. The molecule has 0 aliphatic rings. The number of methoxy groups -OCH3 is 1. The first kappa shape index (κ1) is 44.5. The summed E-state index contributed by atoms with van der Waals surface area (Å²) in [5.74, 6) is -2.29. The zero-order chi connectivity index (χ0) is 43.9. The van der Waals surface area contributed by atoms with Crippen molar-refractivity contribution < 1.29 is 50.9 Å². The summed E-state index contributed by atoms with van der Waals surface area (Å²) >= 11 is 0. The summed E-state index contributed by atoms with van der Waals surface area (Å²) < 4.78 is 61.3. The highest BCUT2D eigenvalue weighted by Gasteiger charge is 2.32. The van der Waals surface area contributed by atoms with E-state index in [-0.39, 0.29) is 40.4 Å². The molecular weight excluding hydrogens is 800 g/mol. The largest absolute Gasteiger partial charge is 0.495 e. The first-order valence-electron chi connectivity index (χ1n) is 18.9. The van der Waals surface area contributed by atoms with Crippen LogP contribution in [0, 0.1) is 5.82 Å². The predicted molar refractivity (Wildman–Crippen MR) is 220 cm³/mol. The number of amides is 3. The number of carbonyl (C=O) groups is 4. The number of sulfone groups is 1. The van der Waals surface area contributed by atoms with Crippen LogP contribution in [0.4, 0.5) is 31.3 Å². The molecule has 3 atom stereocenters. The number of alkyl carbamates (subject to hydrolysis) is 1. The second-order valence-corrected chi connectivity index (χ2v) is 16.8. The van der Waals surface area contributed by atoms with Gasteiger partial charge in [-0.3, -0.25) is 4.79 Å². The zero-order valence-corrected chi connectivity index (χ0v) is 35.2. The van der Waals surface area contributed by atoms with E-state index in [2.05, 4.69) is 20.7 Å². The van der Waals surface area contributed by atoms with Crippen molar-refractivity contribution in [2.45, 2.75) is 83.1 Å². The van der Waals surface area contributed by atoms with Crippen LogP contribution in [0.5, 0.6) is 5.75 Å². The fourth-order valence-electron chi connectivity index (χ4n) is 5.85. The van der Waals surface area contributed by atoms with Gasteiger partial charge in [0.2, 0.25) is 12.2 Å². The molecule has 3 amide bonds. The molecule has 3 aromatic carbocycles. The fraction of sp³-hybridized carbons (Fsp3) is 0.333. The second-order valence-electron chi connectivity index (χ2n) is 14.8. The number of aromatic nitrogens is 3. The highest BCUT2D eigenvalue weighted by Crippen LogP contribution is 2.36. The maximum atomic E-state index is 14.0. The molecule has 0 aliphatic heterocycles. The van der Waals surface area contributed by atoms with Gasteiger partial charge in [0.05, 0.1) is 23.6 Å². The molecule has 0 spiro atoms. The lowest BCUT2D eigenvalue weighted by molar-refractivity contribution is -0.167. The number of carbonyl (C=O) groups excluding carboxylic acids is 4. The van der Waals surface area contributed by atoms with E-state index in [0.29, 0.717) is 28.9 Å². The number of fused-ring (bicyclic) bond motifs is 1. The summed E-state index contributed by atoms with van der Waals surface area (Å²) in [5.41, 5.74) is 2.18. The summed E-state index contributed by atoms with van der Waals surface area (Å²) in [6.07, 6.45) is -0.0272. The number of hydrogen-bond donors (Lipinski definition) is 2. The zero-order valence-electron chi connectivity index (χ0n) is 34.4. The highest BCUT2D eigenvalue weighted by molar-refractivity contribution is 7.90. The monoisotopic (exact) mass is 846 g/mol. The molecule has 0 saturated carbocycles. The van der Waals surface area contributed by atoms with E-state index in [1.807, 2.05) is 6.92 Å². The third-order valence-corrected chi connectivity index (χ3v) is 9.98. The molecule has 60 heavy (non-hydrogen) atoms. The molecule has 0 aliphatic carbocycles. The van der Waals surface area contributed by atoms with E-state index in [0.717, 1.165) is 16.7 Å². The molecule has 5 rings (SSSR count). The summed E-state index contributed by atoms with van der Waals surface area (Å²) in [7, 11) is -2.39. The van der Waals surface area contributed by atoms with Gasteiger partial charge in [-0.1, -0.05) is 37.6 Å². The number of pyridine rings is 1. The number of esters is 1. The summed E-state index contributed by atoms with van der Waals surface area (Å²) in [6.45, 7) is 9.88. The Balaban J connectivity index is 1.40. The molecule has 18 heteroatoms. The average Bonchev–Trinajstić information content (AvgIpc) is 3.59. The van der Waals surface area contributed by atoms with Crippen LogP contribution in [-0.2, 0) is 33.6 Å². The molecular formula is C42H47FN6O10S. The Morgan fingerprint density at radius 2 is 1.58 bits per heavy atom. The molecule has 2 aromatic heterocycles. The molecule has 2 N–H and O–H groups in total. The van der Waals surface area contributed by atoms with E-state index < -0.39 is 51.8 Å². The molecule has 0 bridgehead atoms. The van der Waals surface area contributed by atoms with Crippen LogP contribution in [-0.4, -0.2) is 78.4 Å². The summed E-state index contributed by atoms with van der Waals surface area (Å²) in [6, 6.07) is 19.0. The van der Waals surface area contributed by atoms with Gasteiger partial charge in [0, 0.05) is 36.7 Å². The van der Waals surface area contributed by atoms with Crippen molar-refractivity contribution >= 4 is 56.9 Å². The van der Waals surface area contributed by atoms with E-state index in [1.165, 1.54) is 48.9 Å². The fourth-order valence-corrected chi connectivity index (χ4v) is 6.49. The molecule has 0 saturated heterocycles. The average molecular weight is 847 g/mol. The maximum Gasteiger partial charge on any atom is 0.424 e. The molecule has 0 radical (unpaired) electrons. The van der Waals surface area contributed by atoms with Gasteiger partial charge >= 0.3 is 18.2 Å². The van der Waals surface area contributed by atoms with Crippen LogP contribution in [0.2, 0.25) is 0 Å². The van der Waals surface area contributed by atoms with Crippen molar-refractivity contribution in [1.82, 2.24) is 19.9 Å². The topological polar surface area (TPSA) is 197 Å². The van der Waals surface area contributed by atoms with Gasteiger partial charge in [0.15, 0.2) is 15.5 Å². The van der Waals surface area contributed by atoms with Gasteiger partial charge in [-0.25, -0.2) is 36.6 Å². The van der Waals surface area contributed by atoms with Gasteiger partial charge in [0.25, 0.3) is 5.95 Å². The van der Waals surface area contributed by atoms with Gasteiger partial charge in [-0.15, -0.1) is 5.10 Å². The van der Waals surface area contributed by atoms with Gasteiger partial charge in [-0.2, -0.15) is 4.98 Å². The van der Waals surface area contributed by atoms with Crippen LogP contribution in [0.15, 0.2) is 90.0 Å². The third-order valence-electron chi connectivity index (χ3n) is 8.87. The minimum Gasteiger partial charge on any atom is -0.495 e. The lowest BCUT2D eigenvalue weighted by Crippen LogP contribution is -2.45. The smallest absolute Gasteiger partial charge is 0.424 e. The number of hydrogen-bond acceptors (Lipinski definition) is 12. The molecule has 5 aromatic rings. The van der Waals surface area contributed by atoms with E-state index in [1.54, 1.807) is 82.4 Å². The number of halogens is 1. The lowest BCUT2D eigenvalue weighted by atomic mass is 10.00. The minimum absolute atomic E-state index is 0.00592. The Bertz CT molecular complexity index is 2470. The van der Waals surface area contributed by atoms with Crippen molar-refractivity contribution in [3.05, 3.63) is 96.4 Å². The molecule has 2 heterocycles. The number of rotatable bonds is 14. The predicted octanol–water partition coefficient (Wildman–Crippen LogP) is 7.55. The van der Waals surface area contributed by atoms with Crippen molar-refractivity contribution in [3.8, 4) is 16.9 Å². The number of nitrogens with one attached hydrogen (secondary N) is 2. The molecule has 16 nitrogen and oxygen atoms in total. The first-order chi connectivity index (χ1) is 28.3. The Morgan fingerprint density at radius 1 is 0.917 bits per heavy atom. The lowest BCUT2D eigenvalue weighted by Gasteiger charge is -2.25. The standard InChI is InChI=1S/C42H47FN6O10S/c1-9-10-33(45-40(52)59-42(4,5)6)38(51)57-26(3)58-41(53)49(34-21-20-32(60(8,54)55)23-35(34)56-7)39-46-36-22-15-29(24-48(36)47-39)28-13-18-31(19-14-28)44-37(50)25(2)27-11-16-30(43)17-12-27/h11-26,33H,9-10H2,1-8H3,(H,44,50)(H,45,52). The normalized spacial score (nSPS) is 13.1. The van der Waals surface area contributed by atoms with E-state index in [4.69, 9.17) is 18.9 Å². The van der Waals surface area contributed by atoms with Gasteiger partial charge < -0.3 is 29.6 Å². The van der Waals surface area contributed by atoms with Crippen LogP contribution in [0.1, 0.15) is 65.9 Å². The number of benzene rings is 3. The van der Waals surface area contributed by atoms with Crippen molar-refractivity contribution in [2.75, 3.05) is 23.6 Å². The van der Waals surface area contributed by atoms with Crippen LogP contribution < -0.4 is 20.3 Å². The van der Waals surface area contributed by atoms with Crippen LogP contribution in [0.3, 0.4) is 0 Å². The number of anilines is 3. The number of ether oxygens (including phenoxy) is 4. The molecule has 0 fully saturated rings. The number of nitrogens with zero attached hydrogens (tertiary/aromatic N) is 4. The molecule has 3 unspecified atom stereocenters. The Kier molecular flexibility index (Phi) is 13.8. The third kappa shape index (κ3) is 11.3. The SMILES string of the molecule is CCCC(NC(=O)OC(C)(C)C)C(=O)OC(C)OC(=O)N(c1nc2ccc(-c3ccc(NC(=O)C(C)c4ccc(F)cc4)cc3)cn2n1)c1ccc(S(C)(=O)=O)cc1OC. The quantitative estimate of drug-likeness (QED) is 0.0824. The van der Waals surface area contributed by atoms with E-state index in [9.17, 15) is 32.0 Å². The Labute approximate surface area is 346 Å². The van der Waals surface area contributed by atoms with Crippen molar-refractivity contribution in [1.29, 1.82) is 0 Å². The first-order valence-corrected chi connectivity index (χ1v) is 20.8. The summed E-state index contributed by atoms with van der Waals surface area (Å²) in [4.78, 5) is 57.9. The van der Waals surface area contributed by atoms with Crippen molar-refractivity contribution in [2.24, 2.45) is 0 Å². The Hall–Kier alpha value is -6.56.